The average molecular weight is 239 g/mol. The lowest BCUT2D eigenvalue weighted by Gasteiger charge is -2.10. The van der Waals surface area contributed by atoms with Gasteiger partial charge in [0.25, 0.3) is 0 Å². The highest BCUT2D eigenvalue weighted by Crippen LogP contribution is 2.10. The Morgan fingerprint density at radius 3 is 2.65 bits per heavy atom. The van der Waals surface area contributed by atoms with E-state index in [4.69, 9.17) is 5.73 Å². The predicted octanol–water partition coefficient (Wildman–Crippen LogP) is 1.59. The van der Waals surface area contributed by atoms with Gasteiger partial charge in [-0.1, -0.05) is 0 Å². The van der Waals surface area contributed by atoms with Crippen molar-refractivity contribution in [1.29, 1.82) is 0 Å². The van der Waals surface area contributed by atoms with E-state index in [1.54, 1.807) is 13.1 Å². The van der Waals surface area contributed by atoms with E-state index in [0.29, 0.717) is 17.4 Å². The predicted molar refractivity (Wildman–Crippen MR) is 67.2 cm³/mol. The number of nitrogens with two attached hydrogens (primary N) is 1. The molecule has 1 aromatic rings. The molecule has 0 aromatic carbocycles. The second kappa shape index (κ2) is 5.07. The maximum atomic E-state index is 13.4. The van der Waals surface area contributed by atoms with Gasteiger partial charge in [0.2, 0.25) is 0 Å². The number of aromatic nitrogens is 2. The molecular formula is C11H18FN5. The fourth-order valence-electron chi connectivity index (χ4n) is 1.15. The summed E-state index contributed by atoms with van der Waals surface area (Å²) in [4.78, 5) is 15.2. The van der Waals surface area contributed by atoms with Crippen molar-refractivity contribution >= 4 is 11.7 Å². The highest BCUT2D eigenvalue weighted by molar-refractivity contribution is 6.04. The van der Waals surface area contributed by atoms with Crippen LogP contribution >= 0.6 is 0 Å². The van der Waals surface area contributed by atoms with E-state index in [-0.39, 0.29) is 6.54 Å². The Balaban J connectivity index is 3.01. The Labute approximate surface area is 100 Å². The monoisotopic (exact) mass is 239 g/mol. The standard InChI is InChI=1S/C11H18FN5/c1-7(13)16-10(15-6-11(3,4)12)9-5-14-8(2)17-9/h5H,6H2,1-4H3,(H,14,17)(H2,13,15,16). The third-order valence-electron chi connectivity index (χ3n) is 1.83. The molecule has 1 heterocycles. The van der Waals surface area contributed by atoms with Crippen LogP contribution in [0.1, 0.15) is 32.3 Å². The van der Waals surface area contributed by atoms with Gasteiger partial charge in [0.05, 0.1) is 18.6 Å². The van der Waals surface area contributed by atoms with E-state index < -0.39 is 5.67 Å². The Morgan fingerprint density at radius 1 is 1.59 bits per heavy atom. The molecule has 0 radical (unpaired) electrons. The molecule has 0 amide bonds. The molecule has 0 bridgehead atoms. The van der Waals surface area contributed by atoms with Crippen molar-refractivity contribution in [3.63, 3.8) is 0 Å². The molecule has 17 heavy (non-hydrogen) atoms. The molecule has 6 heteroatoms. The summed E-state index contributed by atoms with van der Waals surface area (Å²) in [5.74, 6) is 1.49. The van der Waals surface area contributed by atoms with E-state index >= 15 is 0 Å². The Hall–Kier alpha value is -1.72. The first-order valence-corrected chi connectivity index (χ1v) is 5.34. The molecule has 0 saturated carbocycles. The minimum atomic E-state index is -1.38. The van der Waals surface area contributed by atoms with Crippen molar-refractivity contribution in [2.24, 2.45) is 15.7 Å². The molecule has 0 aliphatic carbocycles. The Bertz CT molecular complexity index is 435. The van der Waals surface area contributed by atoms with Gasteiger partial charge in [-0.2, -0.15) is 0 Å². The van der Waals surface area contributed by atoms with E-state index in [1.807, 2.05) is 6.92 Å². The highest BCUT2D eigenvalue weighted by atomic mass is 19.1. The third kappa shape index (κ3) is 4.76. The molecule has 0 spiro atoms. The molecule has 0 unspecified atom stereocenters. The average Bonchev–Trinajstić information content (AvgIpc) is 2.57. The minimum absolute atomic E-state index is 0.0250. The summed E-state index contributed by atoms with van der Waals surface area (Å²) >= 11 is 0. The zero-order valence-electron chi connectivity index (χ0n) is 10.6. The van der Waals surface area contributed by atoms with Crippen LogP contribution in [0.5, 0.6) is 0 Å². The van der Waals surface area contributed by atoms with Crippen LogP contribution in [-0.2, 0) is 0 Å². The molecule has 0 atom stereocenters. The number of halogens is 1. The van der Waals surface area contributed by atoms with E-state index in [9.17, 15) is 4.39 Å². The number of rotatable bonds is 3. The molecule has 3 N–H and O–H groups in total. The fourth-order valence-corrected chi connectivity index (χ4v) is 1.15. The topological polar surface area (TPSA) is 79.4 Å². The first-order chi connectivity index (χ1) is 7.78. The molecule has 0 saturated heterocycles. The number of aromatic amines is 1. The fraction of sp³-hybridized carbons (Fsp3) is 0.545. The number of amidine groups is 2. The molecule has 0 aliphatic heterocycles. The lowest BCUT2D eigenvalue weighted by Crippen LogP contribution is -2.18. The number of imidazole rings is 1. The number of alkyl halides is 1. The number of aryl methyl sites for hydroxylation is 1. The van der Waals surface area contributed by atoms with Crippen molar-refractivity contribution < 1.29 is 4.39 Å². The van der Waals surface area contributed by atoms with Crippen molar-refractivity contribution in [2.75, 3.05) is 6.54 Å². The minimum Gasteiger partial charge on any atom is -0.387 e. The smallest absolute Gasteiger partial charge is 0.174 e. The van der Waals surface area contributed by atoms with Gasteiger partial charge < -0.3 is 10.7 Å². The highest BCUT2D eigenvalue weighted by Gasteiger charge is 2.15. The lowest BCUT2D eigenvalue weighted by molar-refractivity contribution is 0.229. The molecule has 5 nitrogen and oxygen atoms in total. The van der Waals surface area contributed by atoms with Gasteiger partial charge in [-0.05, 0) is 27.7 Å². The summed E-state index contributed by atoms with van der Waals surface area (Å²) in [5, 5.41) is 0. The van der Waals surface area contributed by atoms with E-state index in [0.717, 1.165) is 5.82 Å². The van der Waals surface area contributed by atoms with Crippen molar-refractivity contribution in [3.05, 3.63) is 17.7 Å². The van der Waals surface area contributed by atoms with Crippen LogP contribution in [0.25, 0.3) is 0 Å². The van der Waals surface area contributed by atoms with Gasteiger partial charge in [-0.25, -0.2) is 14.4 Å². The molecule has 1 rings (SSSR count). The van der Waals surface area contributed by atoms with Crippen LogP contribution in [-0.4, -0.2) is 33.9 Å². The summed E-state index contributed by atoms with van der Waals surface area (Å²) in [6.07, 6.45) is 1.60. The summed E-state index contributed by atoms with van der Waals surface area (Å²) in [5.41, 5.74) is 4.78. The van der Waals surface area contributed by atoms with Gasteiger partial charge in [0.15, 0.2) is 5.84 Å². The van der Waals surface area contributed by atoms with Gasteiger partial charge in [0.1, 0.15) is 17.2 Å². The van der Waals surface area contributed by atoms with Crippen LogP contribution in [0.3, 0.4) is 0 Å². The van der Waals surface area contributed by atoms with Crippen molar-refractivity contribution in [3.8, 4) is 0 Å². The maximum absolute atomic E-state index is 13.4. The first kappa shape index (κ1) is 13.3. The lowest BCUT2D eigenvalue weighted by atomic mass is 10.2. The summed E-state index contributed by atoms with van der Waals surface area (Å²) in [6, 6.07) is 0. The second-order valence-electron chi connectivity index (χ2n) is 4.49. The number of nitrogens with zero attached hydrogens (tertiary/aromatic N) is 3. The Kier molecular flexibility index (Phi) is 3.98. The van der Waals surface area contributed by atoms with Crippen LogP contribution in [0.4, 0.5) is 4.39 Å². The number of hydrogen-bond donors (Lipinski definition) is 2. The van der Waals surface area contributed by atoms with E-state index in [1.165, 1.54) is 13.8 Å². The zero-order chi connectivity index (χ0) is 13.1. The van der Waals surface area contributed by atoms with Gasteiger partial charge >= 0.3 is 0 Å². The van der Waals surface area contributed by atoms with Crippen LogP contribution < -0.4 is 5.73 Å². The second-order valence-corrected chi connectivity index (χ2v) is 4.49. The van der Waals surface area contributed by atoms with Crippen molar-refractivity contribution in [1.82, 2.24) is 9.97 Å². The normalized spacial score (nSPS) is 14.2. The van der Waals surface area contributed by atoms with Crippen LogP contribution in [0, 0.1) is 6.92 Å². The molecule has 0 fully saturated rings. The summed E-state index contributed by atoms with van der Waals surface area (Å²) in [7, 11) is 0. The van der Waals surface area contributed by atoms with Gasteiger partial charge in [-0.3, -0.25) is 4.99 Å². The van der Waals surface area contributed by atoms with Crippen LogP contribution in [0.15, 0.2) is 16.2 Å². The number of aliphatic imine (C=N–C) groups is 2. The molecule has 94 valence electrons. The van der Waals surface area contributed by atoms with Gasteiger partial charge in [0, 0.05) is 0 Å². The van der Waals surface area contributed by atoms with E-state index in [2.05, 4.69) is 20.0 Å². The number of H-pyrrole nitrogens is 1. The maximum Gasteiger partial charge on any atom is 0.174 e. The summed E-state index contributed by atoms with van der Waals surface area (Å²) in [6.45, 7) is 6.42. The van der Waals surface area contributed by atoms with Crippen LogP contribution in [0.2, 0.25) is 0 Å². The zero-order valence-corrected chi connectivity index (χ0v) is 10.6. The first-order valence-electron chi connectivity index (χ1n) is 5.34. The largest absolute Gasteiger partial charge is 0.387 e. The molecule has 0 aliphatic rings. The third-order valence-corrected chi connectivity index (χ3v) is 1.83. The quantitative estimate of drug-likeness (QED) is 0.620. The summed E-state index contributed by atoms with van der Waals surface area (Å²) < 4.78 is 13.4. The molecule has 1 aromatic heterocycles. The Morgan fingerprint density at radius 2 is 2.24 bits per heavy atom. The SMILES string of the molecule is CC(N)=NC(=NCC(C)(C)F)c1cnc(C)[nH]1. The van der Waals surface area contributed by atoms with Gasteiger partial charge in [-0.15, -0.1) is 0 Å². The van der Waals surface area contributed by atoms with Crippen molar-refractivity contribution in [2.45, 2.75) is 33.4 Å². The number of hydrogen-bond acceptors (Lipinski definition) is 2. The number of nitrogens with one attached hydrogen (secondary N) is 1. The molecular weight excluding hydrogens is 221 g/mol.